The molecular formula is C9H18N2O2. The molecule has 4 nitrogen and oxygen atoms in total. The van der Waals surface area contributed by atoms with Crippen molar-refractivity contribution in [1.82, 2.24) is 9.80 Å². The van der Waals surface area contributed by atoms with E-state index in [2.05, 4.69) is 11.8 Å². The second-order valence-corrected chi connectivity index (χ2v) is 2.98. The predicted molar refractivity (Wildman–Crippen MR) is 50.9 cm³/mol. The molecule has 4 heteroatoms. The third-order valence-corrected chi connectivity index (χ3v) is 2.04. The van der Waals surface area contributed by atoms with Crippen LogP contribution < -0.4 is 0 Å². The summed E-state index contributed by atoms with van der Waals surface area (Å²) < 4.78 is 10.5. The van der Waals surface area contributed by atoms with Crippen molar-refractivity contribution in [2.24, 2.45) is 0 Å². The van der Waals surface area contributed by atoms with Crippen LogP contribution in [0, 0.1) is 0 Å². The third kappa shape index (κ3) is 2.60. The van der Waals surface area contributed by atoms with Crippen molar-refractivity contribution in [3.63, 3.8) is 0 Å². The van der Waals surface area contributed by atoms with Gasteiger partial charge in [0.15, 0.2) is 0 Å². The third-order valence-electron chi connectivity index (χ3n) is 2.04. The molecule has 1 aliphatic rings. The molecule has 1 rings (SSSR count). The lowest BCUT2D eigenvalue weighted by Gasteiger charge is -2.29. The highest BCUT2D eigenvalue weighted by molar-refractivity contribution is 4.91. The number of methoxy groups -OCH3 is 1. The average molecular weight is 186 g/mol. The molecule has 1 atom stereocenters. The highest BCUT2D eigenvalue weighted by Gasteiger charge is 2.22. The number of ether oxygens (including phenoxy) is 2. The van der Waals surface area contributed by atoms with Crippen LogP contribution in [0.3, 0.4) is 0 Å². The van der Waals surface area contributed by atoms with Crippen LogP contribution in [0.1, 0.15) is 6.92 Å². The molecule has 0 aromatic carbocycles. The Kier molecular flexibility index (Phi) is 4.05. The molecule has 13 heavy (non-hydrogen) atoms. The summed E-state index contributed by atoms with van der Waals surface area (Å²) in [6.07, 6.45) is 4.10. The molecule has 0 amide bonds. The Morgan fingerprint density at radius 2 is 2.08 bits per heavy atom. The predicted octanol–water partition coefficient (Wildman–Crippen LogP) is 0.671. The molecule has 1 heterocycles. The van der Waals surface area contributed by atoms with E-state index in [0.717, 1.165) is 6.54 Å². The minimum atomic E-state index is 0.0418. The van der Waals surface area contributed by atoms with Crippen LogP contribution in [0.15, 0.2) is 12.4 Å². The van der Waals surface area contributed by atoms with Crippen LogP contribution in [-0.2, 0) is 9.47 Å². The molecule has 0 radical (unpaired) electrons. The van der Waals surface area contributed by atoms with Gasteiger partial charge >= 0.3 is 0 Å². The van der Waals surface area contributed by atoms with Crippen LogP contribution in [0.2, 0.25) is 0 Å². The maximum Gasteiger partial charge on any atom is 0.209 e. The van der Waals surface area contributed by atoms with Crippen molar-refractivity contribution in [1.29, 1.82) is 0 Å². The quantitative estimate of drug-likeness (QED) is 0.589. The molecule has 0 fully saturated rings. The number of hydrogen-bond donors (Lipinski definition) is 0. The molecule has 1 aliphatic heterocycles. The first-order valence-corrected chi connectivity index (χ1v) is 4.56. The molecule has 0 bridgehead atoms. The monoisotopic (exact) mass is 186 g/mol. The van der Waals surface area contributed by atoms with Crippen molar-refractivity contribution in [3.05, 3.63) is 12.4 Å². The fourth-order valence-electron chi connectivity index (χ4n) is 1.28. The van der Waals surface area contributed by atoms with Crippen LogP contribution in [0.5, 0.6) is 0 Å². The normalized spacial score (nSPS) is 21.6. The fraction of sp³-hybridized carbons (Fsp3) is 0.778. The molecule has 0 N–H and O–H groups in total. The van der Waals surface area contributed by atoms with Gasteiger partial charge in [0.05, 0.1) is 13.2 Å². The lowest BCUT2D eigenvalue weighted by Crippen LogP contribution is -2.39. The number of rotatable bonds is 5. The largest absolute Gasteiger partial charge is 0.382 e. The van der Waals surface area contributed by atoms with Crippen molar-refractivity contribution in [2.45, 2.75) is 13.3 Å². The van der Waals surface area contributed by atoms with Crippen molar-refractivity contribution in [2.75, 3.05) is 33.9 Å². The van der Waals surface area contributed by atoms with Gasteiger partial charge in [0, 0.05) is 33.1 Å². The van der Waals surface area contributed by atoms with Gasteiger partial charge in [-0.05, 0) is 6.92 Å². The second kappa shape index (κ2) is 5.09. The highest BCUT2D eigenvalue weighted by Crippen LogP contribution is 2.13. The van der Waals surface area contributed by atoms with Gasteiger partial charge in [-0.25, -0.2) is 0 Å². The van der Waals surface area contributed by atoms with Crippen LogP contribution in [0.4, 0.5) is 0 Å². The fourth-order valence-corrected chi connectivity index (χ4v) is 1.28. The molecule has 1 unspecified atom stereocenters. The molecule has 0 aliphatic carbocycles. The number of hydrogen-bond acceptors (Lipinski definition) is 4. The molecule has 0 aromatic heterocycles. The first-order chi connectivity index (χ1) is 6.29. The Bertz CT molecular complexity index is 173. The highest BCUT2D eigenvalue weighted by atomic mass is 16.5. The zero-order valence-corrected chi connectivity index (χ0v) is 8.56. The van der Waals surface area contributed by atoms with E-state index in [9.17, 15) is 0 Å². The molecule has 0 spiro atoms. The van der Waals surface area contributed by atoms with Gasteiger partial charge in [0.1, 0.15) is 0 Å². The van der Waals surface area contributed by atoms with Crippen molar-refractivity contribution >= 4 is 0 Å². The summed E-state index contributed by atoms with van der Waals surface area (Å²) in [5.41, 5.74) is 0. The summed E-state index contributed by atoms with van der Waals surface area (Å²) in [6, 6.07) is 0. The first-order valence-electron chi connectivity index (χ1n) is 4.56. The Balaban J connectivity index is 2.30. The van der Waals surface area contributed by atoms with Gasteiger partial charge < -0.3 is 19.3 Å². The van der Waals surface area contributed by atoms with E-state index < -0.39 is 0 Å². The van der Waals surface area contributed by atoms with Crippen LogP contribution in [-0.4, -0.2) is 50.1 Å². The summed E-state index contributed by atoms with van der Waals surface area (Å²) in [5.74, 6) is 0. The summed E-state index contributed by atoms with van der Waals surface area (Å²) in [4.78, 5) is 4.18. The SMILES string of the molecule is CCN1C=CN(C)C1OCCOC. The Morgan fingerprint density at radius 3 is 2.69 bits per heavy atom. The first kappa shape index (κ1) is 10.3. The Hall–Kier alpha value is -0.740. The second-order valence-electron chi connectivity index (χ2n) is 2.98. The maximum atomic E-state index is 5.62. The minimum absolute atomic E-state index is 0.0418. The zero-order valence-electron chi connectivity index (χ0n) is 8.56. The van der Waals surface area contributed by atoms with E-state index in [1.807, 2.05) is 24.3 Å². The number of nitrogens with zero attached hydrogens (tertiary/aromatic N) is 2. The molecule has 0 saturated heterocycles. The average Bonchev–Trinajstić information content (AvgIpc) is 2.48. The van der Waals surface area contributed by atoms with E-state index in [-0.39, 0.29) is 6.35 Å². The van der Waals surface area contributed by atoms with E-state index in [1.165, 1.54) is 0 Å². The minimum Gasteiger partial charge on any atom is -0.382 e. The van der Waals surface area contributed by atoms with E-state index in [4.69, 9.17) is 9.47 Å². The zero-order chi connectivity index (χ0) is 9.68. The van der Waals surface area contributed by atoms with Gasteiger partial charge in [-0.2, -0.15) is 0 Å². The summed E-state index contributed by atoms with van der Waals surface area (Å²) in [6.45, 7) is 4.33. The van der Waals surface area contributed by atoms with Crippen LogP contribution in [0.25, 0.3) is 0 Å². The maximum absolute atomic E-state index is 5.62. The van der Waals surface area contributed by atoms with Gasteiger partial charge in [-0.1, -0.05) is 0 Å². The van der Waals surface area contributed by atoms with Gasteiger partial charge in [-0.15, -0.1) is 0 Å². The van der Waals surface area contributed by atoms with Gasteiger partial charge in [-0.3, -0.25) is 0 Å². The Labute approximate surface area is 79.7 Å². The summed E-state index contributed by atoms with van der Waals surface area (Å²) in [5, 5.41) is 0. The smallest absolute Gasteiger partial charge is 0.209 e. The Morgan fingerprint density at radius 1 is 1.31 bits per heavy atom. The molecule has 0 aromatic rings. The lowest BCUT2D eigenvalue weighted by atomic mass is 10.6. The molecular weight excluding hydrogens is 168 g/mol. The van der Waals surface area contributed by atoms with Crippen LogP contribution >= 0.6 is 0 Å². The summed E-state index contributed by atoms with van der Waals surface area (Å²) >= 11 is 0. The van der Waals surface area contributed by atoms with Gasteiger partial charge in [0.25, 0.3) is 0 Å². The summed E-state index contributed by atoms with van der Waals surface area (Å²) in [7, 11) is 3.68. The molecule has 0 saturated carbocycles. The van der Waals surface area contributed by atoms with E-state index in [0.29, 0.717) is 13.2 Å². The topological polar surface area (TPSA) is 24.9 Å². The molecule has 76 valence electrons. The van der Waals surface area contributed by atoms with E-state index >= 15 is 0 Å². The standard InChI is InChI=1S/C9H18N2O2/c1-4-11-6-5-10(2)9(11)13-8-7-12-3/h5-6,9H,4,7-8H2,1-3H3. The van der Waals surface area contributed by atoms with E-state index in [1.54, 1.807) is 7.11 Å². The van der Waals surface area contributed by atoms with Gasteiger partial charge in [0.2, 0.25) is 6.35 Å². The lowest BCUT2D eigenvalue weighted by molar-refractivity contribution is -0.104. The van der Waals surface area contributed by atoms with Crippen molar-refractivity contribution < 1.29 is 9.47 Å². The van der Waals surface area contributed by atoms with Crippen molar-refractivity contribution in [3.8, 4) is 0 Å².